The van der Waals surface area contributed by atoms with Gasteiger partial charge < -0.3 is 20.3 Å². The number of benzene rings is 2. The third-order valence-corrected chi connectivity index (χ3v) is 5.63. The Kier molecular flexibility index (Phi) is 7.28. The van der Waals surface area contributed by atoms with Gasteiger partial charge in [-0.05, 0) is 42.8 Å². The average molecular weight is 494 g/mol. The fourth-order valence-corrected chi connectivity index (χ4v) is 3.91. The van der Waals surface area contributed by atoms with E-state index in [1.165, 1.54) is 23.5 Å². The second kappa shape index (κ2) is 9.58. The lowest BCUT2D eigenvalue weighted by atomic mass is 10.1. The first-order valence-electron chi connectivity index (χ1n) is 8.76. The predicted molar refractivity (Wildman–Crippen MR) is 113 cm³/mol. The zero-order chi connectivity index (χ0) is 22.8. The van der Waals surface area contributed by atoms with Gasteiger partial charge in [0.25, 0.3) is 0 Å². The average Bonchev–Trinajstić information content (AvgIpc) is 3.18. The fraction of sp³-hybridized carbons (Fsp3) is 0.263. The van der Waals surface area contributed by atoms with Crippen molar-refractivity contribution in [2.24, 2.45) is 5.73 Å². The molecule has 0 saturated heterocycles. The molecule has 0 aliphatic heterocycles. The zero-order valence-electron chi connectivity index (χ0n) is 15.9. The molecule has 2 aromatic carbocycles. The molecule has 31 heavy (non-hydrogen) atoms. The van der Waals surface area contributed by atoms with Crippen LogP contribution in [-0.2, 0) is 0 Å². The van der Waals surface area contributed by atoms with Gasteiger partial charge in [-0.25, -0.2) is 0 Å². The van der Waals surface area contributed by atoms with Gasteiger partial charge in [-0.15, -0.1) is 23.4 Å². The van der Waals surface area contributed by atoms with Crippen molar-refractivity contribution in [3.8, 4) is 32.6 Å². The fourth-order valence-electron chi connectivity index (χ4n) is 2.52. The first-order chi connectivity index (χ1) is 14.6. The Balaban J connectivity index is 1.84. The molecule has 1 unspecified atom stereocenters. The second-order valence-corrected chi connectivity index (χ2v) is 8.25. The van der Waals surface area contributed by atoms with Crippen molar-refractivity contribution in [1.29, 1.82) is 0 Å². The predicted octanol–water partition coefficient (Wildman–Crippen LogP) is 5.08. The van der Waals surface area contributed by atoms with Crippen LogP contribution in [0.2, 0.25) is 10.0 Å². The minimum atomic E-state index is -4.84. The van der Waals surface area contributed by atoms with Crippen LogP contribution in [0.25, 0.3) is 21.1 Å². The summed E-state index contributed by atoms with van der Waals surface area (Å²) in [5.74, 6) is 0.0206. The first-order valence-corrected chi connectivity index (χ1v) is 10.3. The normalized spacial score (nSPS) is 12.6. The molecule has 0 fully saturated rings. The Hall–Kier alpha value is -2.11. The minimum Gasteiger partial charge on any atom is -0.492 e. The highest BCUT2D eigenvalue weighted by atomic mass is 35.5. The van der Waals surface area contributed by atoms with E-state index < -0.39 is 18.2 Å². The van der Waals surface area contributed by atoms with E-state index >= 15 is 0 Å². The van der Waals surface area contributed by atoms with Crippen molar-refractivity contribution >= 4 is 34.5 Å². The summed E-state index contributed by atoms with van der Waals surface area (Å²) in [6, 6.07) is 6.74. The van der Waals surface area contributed by atoms with Crippen LogP contribution < -0.4 is 15.2 Å². The first kappa shape index (κ1) is 23.6. The van der Waals surface area contributed by atoms with Gasteiger partial charge >= 0.3 is 6.36 Å². The minimum absolute atomic E-state index is 0.130. The van der Waals surface area contributed by atoms with Gasteiger partial charge in [-0.3, -0.25) is 0 Å². The number of hydrogen-bond acceptors (Lipinski definition) is 7. The summed E-state index contributed by atoms with van der Waals surface area (Å²) < 4.78 is 46.7. The summed E-state index contributed by atoms with van der Waals surface area (Å²) in [6.45, 7) is 1.75. The SMILES string of the molecule is Cc1cc(-c2nnc(-c3ccc(OC(F)(F)F)c(Cl)c3)s2)c(Cl)cc1OCC(N)CO. The van der Waals surface area contributed by atoms with Crippen LogP contribution in [0.5, 0.6) is 11.5 Å². The number of nitrogens with two attached hydrogens (primary N) is 1. The van der Waals surface area contributed by atoms with Crippen LogP contribution in [0.4, 0.5) is 13.2 Å². The number of aryl methyl sites for hydroxylation is 1. The lowest BCUT2D eigenvalue weighted by molar-refractivity contribution is -0.274. The van der Waals surface area contributed by atoms with Crippen LogP contribution in [-0.4, -0.2) is 40.9 Å². The van der Waals surface area contributed by atoms with Crippen molar-refractivity contribution in [2.45, 2.75) is 19.3 Å². The summed E-state index contributed by atoms with van der Waals surface area (Å²) >= 11 is 13.5. The number of aliphatic hydroxyl groups excluding tert-OH is 1. The van der Waals surface area contributed by atoms with Crippen molar-refractivity contribution in [1.82, 2.24) is 10.2 Å². The van der Waals surface area contributed by atoms with Gasteiger partial charge in [0.15, 0.2) is 0 Å². The number of halogens is 5. The molecule has 12 heteroatoms. The Labute approximate surface area is 189 Å². The van der Waals surface area contributed by atoms with Crippen molar-refractivity contribution in [2.75, 3.05) is 13.2 Å². The summed E-state index contributed by atoms with van der Waals surface area (Å²) in [6.07, 6.45) is -4.84. The molecule has 3 N–H and O–H groups in total. The van der Waals surface area contributed by atoms with Crippen molar-refractivity contribution in [3.05, 3.63) is 45.9 Å². The molecule has 0 bridgehead atoms. The van der Waals surface area contributed by atoms with E-state index in [1.807, 2.05) is 6.92 Å². The van der Waals surface area contributed by atoms with Crippen molar-refractivity contribution < 1.29 is 27.8 Å². The molecular formula is C19H16Cl2F3N3O3S. The highest BCUT2D eigenvalue weighted by molar-refractivity contribution is 7.18. The number of nitrogens with zero attached hydrogens (tertiary/aromatic N) is 2. The van der Waals surface area contributed by atoms with E-state index in [1.54, 1.807) is 12.1 Å². The maximum absolute atomic E-state index is 12.4. The highest BCUT2D eigenvalue weighted by Crippen LogP contribution is 2.39. The number of ether oxygens (including phenoxy) is 2. The van der Waals surface area contributed by atoms with Crippen LogP contribution in [0.3, 0.4) is 0 Å². The molecule has 3 rings (SSSR count). The van der Waals surface area contributed by atoms with Crippen LogP contribution in [0.1, 0.15) is 5.56 Å². The Bertz CT molecular complexity index is 1080. The van der Waals surface area contributed by atoms with E-state index in [2.05, 4.69) is 14.9 Å². The van der Waals surface area contributed by atoms with Gasteiger partial charge in [-0.1, -0.05) is 34.5 Å². The molecule has 0 aliphatic rings. The van der Waals surface area contributed by atoms with E-state index in [0.717, 1.165) is 11.6 Å². The summed E-state index contributed by atoms with van der Waals surface area (Å²) in [5, 5.41) is 18.3. The molecule has 1 heterocycles. The molecule has 0 aliphatic carbocycles. The zero-order valence-corrected chi connectivity index (χ0v) is 18.2. The van der Waals surface area contributed by atoms with E-state index in [9.17, 15) is 13.2 Å². The van der Waals surface area contributed by atoms with Gasteiger partial charge in [0.05, 0.1) is 22.7 Å². The highest BCUT2D eigenvalue weighted by Gasteiger charge is 2.32. The lowest BCUT2D eigenvalue weighted by Gasteiger charge is -2.14. The summed E-state index contributed by atoms with van der Waals surface area (Å²) in [4.78, 5) is 0. The van der Waals surface area contributed by atoms with E-state index in [4.69, 9.17) is 38.8 Å². The maximum Gasteiger partial charge on any atom is 0.573 e. The quantitative estimate of drug-likeness (QED) is 0.476. The molecule has 166 valence electrons. The summed E-state index contributed by atoms with van der Waals surface area (Å²) in [7, 11) is 0. The second-order valence-electron chi connectivity index (χ2n) is 6.46. The number of rotatable bonds is 7. The molecule has 0 amide bonds. The molecule has 1 atom stereocenters. The van der Waals surface area contributed by atoms with Gasteiger partial charge in [0.1, 0.15) is 28.1 Å². The number of alkyl halides is 3. The molecule has 3 aromatic rings. The number of hydrogen-bond donors (Lipinski definition) is 2. The monoisotopic (exact) mass is 493 g/mol. The Morgan fingerprint density at radius 2 is 1.81 bits per heavy atom. The van der Waals surface area contributed by atoms with E-state index in [-0.39, 0.29) is 18.2 Å². The molecular weight excluding hydrogens is 478 g/mol. The maximum atomic E-state index is 12.4. The Morgan fingerprint density at radius 1 is 1.10 bits per heavy atom. The molecule has 0 radical (unpaired) electrons. The third kappa shape index (κ3) is 5.98. The van der Waals surface area contributed by atoms with Crippen LogP contribution in [0.15, 0.2) is 30.3 Å². The number of aromatic nitrogens is 2. The topological polar surface area (TPSA) is 90.5 Å². The van der Waals surface area contributed by atoms with Crippen LogP contribution in [0, 0.1) is 6.92 Å². The molecule has 1 aromatic heterocycles. The standard InChI is InChI=1S/C19H16Cl2F3N3O3S/c1-9-4-12(13(20)6-16(9)29-8-11(25)7-28)18-27-26-17(31-18)10-2-3-15(14(21)5-10)30-19(22,23)24/h2-6,11,28H,7-8,25H2,1H3. The molecule has 6 nitrogen and oxygen atoms in total. The molecule has 0 spiro atoms. The van der Waals surface area contributed by atoms with Gasteiger partial charge in [0, 0.05) is 11.1 Å². The van der Waals surface area contributed by atoms with Crippen LogP contribution >= 0.6 is 34.5 Å². The third-order valence-electron chi connectivity index (χ3n) is 4.01. The Morgan fingerprint density at radius 3 is 2.45 bits per heavy atom. The van der Waals surface area contributed by atoms with Gasteiger partial charge in [-0.2, -0.15) is 0 Å². The smallest absolute Gasteiger partial charge is 0.492 e. The van der Waals surface area contributed by atoms with E-state index in [0.29, 0.717) is 31.9 Å². The molecule has 0 saturated carbocycles. The largest absolute Gasteiger partial charge is 0.573 e. The van der Waals surface area contributed by atoms with Gasteiger partial charge in [0.2, 0.25) is 0 Å². The lowest BCUT2D eigenvalue weighted by Crippen LogP contribution is -2.31. The van der Waals surface area contributed by atoms with Crippen molar-refractivity contribution in [3.63, 3.8) is 0 Å². The summed E-state index contributed by atoms with van der Waals surface area (Å²) in [5.41, 5.74) is 7.51. The number of aliphatic hydroxyl groups is 1.